The van der Waals surface area contributed by atoms with Crippen molar-refractivity contribution in [3.05, 3.63) is 48.0 Å². The summed E-state index contributed by atoms with van der Waals surface area (Å²) in [6.45, 7) is 2.42. The maximum Gasteiger partial charge on any atom is 0.233 e. The van der Waals surface area contributed by atoms with E-state index in [2.05, 4.69) is 11.1 Å². The van der Waals surface area contributed by atoms with Crippen LogP contribution in [0.5, 0.6) is 0 Å². The minimum atomic E-state index is 0.0547. The van der Waals surface area contributed by atoms with Gasteiger partial charge in [0.1, 0.15) is 11.1 Å². The van der Waals surface area contributed by atoms with Crippen molar-refractivity contribution in [2.75, 3.05) is 32.1 Å². The SMILES string of the molecule is N#Cc1ccc(-c2ccccc2)nc1SCC(=O)N1CCOCC1. The van der Waals surface area contributed by atoms with Gasteiger partial charge in [-0.1, -0.05) is 42.1 Å². The number of amides is 1. The standard InChI is InChI=1S/C18H17N3O2S/c19-12-15-6-7-16(14-4-2-1-3-5-14)20-18(15)24-13-17(22)21-8-10-23-11-9-21/h1-7H,8-11,13H2. The lowest BCUT2D eigenvalue weighted by Crippen LogP contribution is -2.41. The second kappa shape index (κ2) is 7.95. The molecular weight excluding hydrogens is 322 g/mol. The van der Waals surface area contributed by atoms with Crippen LogP contribution in [0.1, 0.15) is 5.56 Å². The molecule has 24 heavy (non-hydrogen) atoms. The molecule has 1 aromatic heterocycles. The summed E-state index contributed by atoms with van der Waals surface area (Å²) in [6, 6.07) is 15.5. The Morgan fingerprint density at radius 1 is 1.21 bits per heavy atom. The number of nitrogens with zero attached hydrogens (tertiary/aromatic N) is 3. The Labute approximate surface area is 145 Å². The van der Waals surface area contributed by atoms with Crippen molar-refractivity contribution in [1.82, 2.24) is 9.88 Å². The average Bonchev–Trinajstić information content (AvgIpc) is 2.67. The molecule has 0 saturated carbocycles. The zero-order chi connectivity index (χ0) is 16.8. The highest BCUT2D eigenvalue weighted by atomic mass is 32.2. The molecule has 1 fully saturated rings. The predicted molar refractivity (Wildman–Crippen MR) is 92.5 cm³/mol. The predicted octanol–water partition coefficient (Wildman–Crippen LogP) is 2.57. The molecule has 1 aromatic carbocycles. The monoisotopic (exact) mass is 339 g/mol. The van der Waals surface area contributed by atoms with Gasteiger partial charge in [0.15, 0.2) is 0 Å². The Balaban J connectivity index is 1.74. The summed E-state index contributed by atoms with van der Waals surface area (Å²) in [5.74, 6) is 0.332. The van der Waals surface area contributed by atoms with Crippen LogP contribution in [0.25, 0.3) is 11.3 Å². The number of benzene rings is 1. The van der Waals surface area contributed by atoms with E-state index in [0.29, 0.717) is 36.9 Å². The second-order valence-electron chi connectivity index (χ2n) is 5.31. The van der Waals surface area contributed by atoms with Gasteiger partial charge < -0.3 is 9.64 Å². The lowest BCUT2D eigenvalue weighted by Gasteiger charge is -2.26. The van der Waals surface area contributed by atoms with Gasteiger partial charge in [-0.05, 0) is 12.1 Å². The lowest BCUT2D eigenvalue weighted by molar-refractivity contribution is -0.132. The normalized spacial score (nSPS) is 14.2. The minimum Gasteiger partial charge on any atom is -0.378 e. The summed E-state index contributed by atoms with van der Waals surface area (Å²) in [5.41, 5.74) is 2.29. The first kappa shape index (κ1) is 16.5. The van der Waals surface area contributed by atoms with Crippen LogP contribution in [0.15, 0.2) is 47.5 Å². The highest BCUT2D eigenvalue weighted by Crippen LogP contribution is 2.25. The van der Waals surface area contributed by atoms with E-state index >= 15 is 0 Å². The van der Waals surface area contributed by atoms with E-state index in [1.165, 1.54) is 11.8 Å². The van der Waals surface area contributed by atoms with Gasteiger partial charge in [-0.25, -0.2) is 4.98 Å². The fourth-order valence-electron chi connectivity index (χ4n) is 2.44. The maximum absolute atomic E-state index is 12.3. The molecule has 0 aliphatic carbocycles. The molecule has 0 bridgehead atoms. The van der Waals surface area contributed by atoms with E-state index in [1.54, 1.807) is 11.0 Å². The molecule has 1 amide bonds. The number of morpholine rings is 1. The van der Waals surface area contributed by atoms with Gasteiger partial charge in [-0.15, -0.1) is 0 Å². The van der Waals surface area contributed by atoms with Crippen LogP contribution in [-0.4, -0.2) is 47.8 Å². The molecule has 1 aliphatic heterocycles. The van der Waals surface area contributed by atoms with Crippen molar-refractivity contribution in [3.8, 4) is 17.3 Å². The van der Waals surface area contributed by atoms with Crippen LogP contribution in [0.3, 0.4) is 0 Å². The minimum absolute atomic E-state index is 0.0547. The van der Waals surface area contributed by atoms with Crippen molar-refractivity contribution in [1.29, 1.82) is 5.26 Å². The molecule has 5 nitrogen and oxygen atoms in total. The molecule has 2 heterocycles. The van der Waals surface area contributed by atoms with E-state index in [-0.39, 0.29) is 11.7 Å². The Morgan fingerprint density at radius 2 is 1.96 bits per heavy atom. The third kappa shape index (κ3) is 3.94. The number of pyridine rings is 1. The molecule has 0 unspecified atom stereocenters. The molecule has 6 heteroatoms. The number of rotatable bonds is 4. The number of thioether (sulfide) groups is 1. The maximum atomic E-state index is 12.3. The number of carbonyl (C=O) groups excluding carboxylic acids is 1. The molecular formula is C18H17N3O2S. The second-order valence-corrected chi connectivity index (χ2v) is 6.27. The lowest BCUT2D eigenvalue weighted by atomic mass is 10.1. The highest BCUT2D eigenvalue weighted by molar-refractivity contribution is 8.00. The van der Waals surface area contributed by atoms with E-state index in [0.717, 1.165) is 11.3 Å². The van der Waals surface area contributed by atoms with Crippen LogP contribution < -0.4 is 0 Å². The first-order chi connectivity index (χ1) is 11.8. The largest absolute Gasteiger partial charge is 0.378 e. The van der Waals surface area contributed by atoms with Gasteiger partial charge in [0, 0.05) is 18.7 Å². The Kier molecular flexibility index (Phi) is 5.47. The van der Waals surface area contributed by atoms with Crippen LogP contribution in [0, 0.1) is 11.3 Å². The van der Waals surface area contributed by atoms with E-state index in [1.807, 2.05) is 36.4 Å². The summed E-state index contributed by atoms with van der Waals surface area (Å²) in [7, 11) is 0. The smallest absolute Gasteiger partial charge is 0.233 e. The van der Waals surface area contributed by atoms with Crippen molar-refractivity contribution >= 4 is 17.7 Å². The zero-order valence-electron chi connectivity index (χ0n) is 13.1. The van der Waals surface area contributed by atoms with Gasteiger partial charge in [0.05, 0.1) is 30.2 Å². The summed E-state index contributed by atoms with van der Waals surface area (Å²) in [5, 5.41) is 9.88. The van der Waals surface area contributed by atoms with Crippen LogP contribution in [-0.2, 0) is 9.53 Å². The van der Waals surface area contributed by atoms with Gasteiger partial charge in [0.2, 0.25) is 5.91 Å². The van der Waals surface area contributed by atoms with Gasteiger partial charge in [-0.3, -0.25) is 4.79 Å². The number of aromatic nitrogens is 1. The average molecular weight is 339 g/mol. The topological polar surface area (TPSA) is 66.2 Å². The number of carbonyl (C=O) groups is 1. The van der Waals surface area contributed by atoms with Gasteiger partial charge in [-0.2, -0.15) is 5.26 Å². The van der Waals surface area contributed by atoms with Crippen molar-refractivity contribution in [2.45, 2.75) is 5.03 Å². The van der Waals surface area contributed by atoms with Crippen LogP contribution in [0.4, 0.5) is 0 Å². The number of hydrogen-bond donors (Lipinski definition) is 0. The van der Waals surface area contributed by atoms with Gasteiger partial charge in [0.25, 0.3) is 0 Å². The number of ether oxygens (including phenoxy) is 1. The van der Waals surface area contributed by atoms with Crippen molar-refractivity contribution < 1.29 is 9.53 Å². The van der Waals surface area contributed by atoms with Crippen molar-refractivity contribution in [2.24, 2.45) is 0 Å². The molecule has 0 N–H and O–H groups in total. The quantitative estimate of drug-likeness (QED) is 0.801. The molecule has 3 rings (SSSR count). The summed E-state index contributed by atoms with van der Waals surface area (Å²) >= 11 is 1.32. The van der Waals surface area contributed by atoms with E-state index < -0.39 is 0 Å². The Morgan fingerprint density at radius 3 is 2.67 bits per heavy atom. The summed E-state index contributed by atoms with van der Waals surface area (Å²) < 4.78 is 5.26. The fourth-order valence-corrected chi connectivity index (χ4v) is 3.31. The first-order valence-electron chi connectivity index (χ1n) is 7.73. The van der Waals surface area contributed by atoms with Crippen molar-refractivity contribution in [3.63, 3.8) is 0 Å². The zero-order valence-corrected chi connectivity index (χ0v) is 14.0. The fraction of sp³-hybridized carbons (Fsp3) is 0.278. The molecule has 1 saturated heterocycles. The highest BCUT2D eigenvalue weighted by Gasteiger charge is 2.18. The summed E-state index contributed by atoms with van der Waals surface area (Å²) in [4.78, 5) is 18.6. The number of hydrogen-bond acceptors (Lipinski definition) is 5. The molecule has 0 radical (unpaired) electrons. The molecule has 1 aliphatic rings. The van der Waals surface area contributed by atoms with E-state index in [4.69, 9.17) is 4.74 Å². The van der Waals surface area contributed by atoms with Crippen LogP contribution >= 0.6 is 11.8 Å². The Bertz CT molecular complexity index is 753. The first-order valence-corrected chi connectivity index (χ1v) is 8.71. The Hall–Kier alpha value is -2.36. The molecule has 0 spiro atoms. The third-order valence-electron chi connectivity index (χ3n) is 3.75. The molecule has 0 atom stereocenters. The third-order valence-corrected chi connectivity index (χ3v) is 4.72. The summed E-state index contributed by atoms with van der Waals surface area (Å²) in [6.07, 6.45) is 0. The number of nitriles is 1. The van der Waals surface area contributed by atoms with Crippen LogP contribution in [0.2, 0.25) is 0 Å². The molecule has 2 aromatic rings. The molecule has 122 valence electrons. The van der Waals surface area contributed by atoms with Gasteiger partial charge >= 0.3 is 0 Å². The van der Waals surface area contributed by atoms with E-state index in [9.17, 15) is 10.1 Å².